The fourth-order valence-electron chi connectivity index (χ4n) is 2.29. The molecule has 0 spiro atoms. The molecule has 2 aromatic rings. The highest BCUT2D eigenvalue weighted by atomic mass is 16.7. The first kappa shape index (κ1) is 12.3. The third-order valence-electron chi connectivity index (χ3n) is 3.33. The molecule has 3 heteroatoms. The lowest BCUT2D eigenvalue weighted by atomic mass is 10.1. The van der Waals surface area contributed by atoms with E-state index in [4.69, 9.17) is 9.47 Å². The Balaban J connectivity index is 1.69. The molecular weight excluding hydrogens is 238 g/mol. The van der Waals surface area contributed by atoms with Gasteiger partial charge >= 0.3 is 0 Å². The van der Waals surface area contributed by atoms with Gasteiger partial charge < -0.3 is 9.47 Å². The van der Waals surface area contributed by atoms with Crippen molar-refractivity contribution in [2.75, 3.05) is 6.61 Å². The Kier molecular flexibility index (Phi) is 3.58. The highest BCUT2D eigenvalue weighted by Gasteiger charge is 2.24. The number of nitrogens with zero attached hydrogens (tertiary/aromatic N) is 1. The van der Waals surface area contributed by atoms with Crippen molar-refractivity contribution in [2.45, 2.75) is 25.9 Å². The van der Waals surface area contributed by atoms with E-state index in [-0.39, 0.29) is 12.4 Å². The van der Waals surface area contributed by atoms with Gasteiger partial charge in [0.25, 0.3) is 0 Å². The summed E-state index contributed by atoms with van der Waals surface area (Å²) in [5.41, 5.74) is 2.47. The molecule has 0 amide bonds. The summed E-state index contributed by atoms with van der Waals surface area (Å²) in [6.45, 7) is 3.46. The fourth-order valence-corrected chi connectivity index (χ4v) is 2.29. The molecule has 0 bridgehead atoms. The summed E-state index contributed by atoms with van der Waals surface area (Å²) < 4.78 is 13.3. The van der Waals surface area contributed by atoms with Crippen LogP contribution in [0.3, 0.4) is 0 Å². The second-order valence-corrected chi connectivity index (χ2v) is 4.82. The Morgan fingerprint density at radius 2 is 1.84 bits per heavy atom. The van der Waals surface area contributed by atoms with Crippen LogP contribution in [0, 0.1) is 0 Å². The molecule has 0 radical (unpaired) electrons. The van der Waals surface area contributed by atoms with E-state index in [0.717, 1.165) is 6.54 Å². The zero-order valence-corrected chi connectivity index (χ0v) is 11.0. The van der Waals surface area contributed by atoms with E-state index < -0.39 is 0 Å². The van der Waals surface area contributed by atoms with E-state index in [1.165, 1.54) is 11.1 Å². The molecule has 1 fully saturated rings. The molecule has 98 valence electrons. The lowest BCUT2D eigenvalue weighted by Gasteiger charge is -2.07. The lowest BCUT2D eigenvalue weighted by Crippen LogP contribution is -2.33. The quantitative estimate of drug-likeness (QED) is 0.787. The SMILES string of the molecule is CC1OCC(c2cc[n+](Cc3ccccc3)cc2)O1. The highest BCUT2D eigenvalue weighted by molar-refractivity contribution is 5.14. The summed E-state index contributed by atoms with van der Waals surface area (Å²) >= 11 is 0. The van der Waals surface area contributed by atoms with Crippen molar-refractivity contribution < 1.29 is 14.0 Å². The first-order valence-corrected chi connectivity index (χ1v) is 6.61. The summed E-state index contributed by atoms with van der Waals surface area (Å²) in [6.07, 6.45) is 4.16. The van der Waals surface area contributed by atoms with Gasteiger partial charge in [-0.3, -0.25) is 0 Å². The minimum absolute atomic E-state index is 0.0707. The van der Waals surface area contributed by atoms with E-state index in [1.54, 1.807) is 0 Å². The maximum Gasteiger partial charge on any atom is 0.173 e. The van der Waals surface area contributed by atoms with Gasteiger partial charge in [-0.2, -0.15) is 0 Å². The highest BCUT2D eigenvalue weighted by Crippen LogP contribution is 2.25. The van der Waals surface area contributed by atoms with Crippen molar-refractivity contribution in [2.24, 2.45) is 0 Å². The predicted molar refractivity (Wildman–Crippen MR) is 71.4 cm³/mol. The average Bonchev–Trinajstić information content (AvgIpc) is 2.87. The van der Waals surface area contributed by atoms with Crippen LogP contribution in [0.15, 0.2) is 54.9 Å². The van der Waals surface area contributed by atoms with E-state index in [2.05, 4.69) is 53.4 Å². The van der Waals surface area contributed by atoms with E-state index in [9.17, 15) is 0 Å². The number of aromatic nitrogens is 1. The fraction of sp³-hybridized carbons (Fsp3) is 0.312. The number of hydrogen-bond acceptors (Lipinski definition) is 2. The summed E-state index contributed by atoms with van der Waals surface area (Å²) in [5.74, 6) is 0. The third-order valence-corrected chi connectivity index (χ3v) is 3.33. The van der Waals surface area contributed by atoms with Crippen LogP contribution in [0.4, 0.5) is 0 Å². The number of hydrogen-bond donors (Lipinski definition) is 0. The molecule has 2 unspecified atom stereocenters. The summed E-state index contributed by atoms with van der Waals surface area (Å²) in [7, 11) is 0. The zero-order chi connectivity index (χ0) is 13.1. The first-order chi connectivity index (χ1) is 9.31. The predicted octanol–water partition coefficient (Wildman–Crippen LogP) is 2.46. The van der Waals surface area contributed by atoms with Crippen LogP contribution in [-0.2, 0) is 16.0 Å². The van der Waals surface area contributed by atoms with Gasteiger partial charge in [-0.15, -0.1) is 0 Å². The van der Waals surface area contributed by atoms with Crippen LogP contribution in [0.25, 0.3) is 0 Å². The van der Waals surface area contributed by atoms with Crippen LogP contribution >= 0.6 is 0 Å². The van der Waals surface area contributed by atoms with Crippen molar-refractivity contribution >= 4 is 0 Å². The Labute approximate surface area is 113 Å². The monoisotopic (exact) mass is 256 g/mol. The van der Waals surface area contributed by atoms with Crippen LogP contribution in [0.5, 0.6) is 0 Å². The maximum atomic E-state index is 5.67. The molecule has 0 saturated carbocycles. The Hall–Kier alpha value is -1.71. The first-order valence-electron chi connectivity index (χ1n) is 6.61. The van der Waals surface area contributed by atoms with Crippen LogP contribution in [-0.4, -0.2) is 12.9 Å². The van der Waals surface area contributed by atoms with Crippen molar-refractivity contribution in [3.8, 4) is 0 Å². The molecule has 3 rings (SSSR count). The van der Waals surface area contributed by atoms with Gasteiger partial charge in [-0.25, -0.2) is 4.57 Å². The van der Waals surface area contributed by atoms with Crippen LogP contribution in [0.2, 0.25) is 0 Å². The van der Waals surface area contributed by atoms with E-state index in [1.807, 2.05) is 13.0 Å². The Bertz CT molecular complexity index is 524. The molecule has 3 nitrogen and oxygen atoms in total. The standard InChI is InChI=1S/C16H18NO2/c1-13-18-12-16(19-13)15-7-9-17(10-8-15)11-14-5-3-2-4-6-14/h2-10,13,16H,11-12H2,1H3/q+1. The zero-order valence-electron chi connectivity index (χ0n) is 11.0. The molecule has 1 aliphatic rings. The average molecular weight is 256 g/mol. The lowest BCUT2D eigenvalue weighted by molar-refractivity contribution is -0.688. The third kappa shape index (κ3) is 3.00. The maximum absolute atomic E-state index is 5.67. The normalized spacial score (nSPS) is 22.6. The summed E-state index contributed by atoms with van der Waals surface area (Å²) in [6, 6.07) is 14.7. The molecule has 1 aromatic heterocycles. The summed E-state index contributed by atoms with van der Waals surface area (Å²) in [5, 5.41) is 0. The number of rotatable bonds is 3. The van der Waals surface area contributed by atoms with Gasteiger partial charge in [0.1, 0.15) is 6.10 Å². The molecule has 2 atom stereocenters. The number of ether oxygens (including phenoxy) is 2. The molecular formula is C16H18NO2+. The van der Waals surface area contributed by atoms with Gasteiger partial charge in [0.15, 0.2) is 25.2 Å². The Morgan fingerprint density at radius 3 is 2.47 bits per heavy atom. The van der Waals surface area contributed by atoms with Crippen molar-refractivity contribution in [1.29, 1.82) is 0 Å². The largest absolute Gasteiger partial charge is 0.350 e. The Morgan fingerprint density at radius 1 is 1.11 bits per heavy atom. The molecule has 1 aromatic carbocycles. The molecule has 19 heavy (non-hydrogen) atoms. The molecule has 0 aliphatic carbocycles. The number of benzene rings is 1. The van der Waals surface area contributed by atoms with Gasteiger partial charge in [0, 0.05) is 17.7 Å². The minimum atomic E-state index is -0.0957. The van der Waals surface area contributed by atoms with Crippen LogP contribution in [0.1, 0.15) is 24.2 Å². The second kappa shape index (κ2) is 5.51. The van der Waals surface area contributed by atoms with Gasteiger partial charge in [0.05, 0.1) is 6.61 Å². The van der Waals surface area contributed by atoms with E-state index in [0.29, 0.717) is 6.61 Å². The minimum Gasteiger partial charge on any atom is -0.350 e. The molecule has 1 saturated heterocycles. The smallest absolute Gasteiger partial charge is 0.173 e. The summed E-state index contributed by atoms with van der Waals surface area (Å²) in [4.78, 5) is 0. The van der Waals surface area contributed by atoms with Crippen molar-refractivity contribution in [3.63, 3.8) is 0 Å². The van der Waals surface area contributed by atoms with Gasteiger partial charge in [-0.1, -0.05) is 30.3 Å². The van der Waals surface area contributed by atoms with Crippen LogP contribution < -0.4 is 4.57 Å². The molecule has 0 N–H and O–H groups in total. The molecule has 1 aliphatic heterocycles. The van der Waals surface area contributed by atoms with Gasteiger partial charge in [-0.05, 0) is 12.5 Å². The van der Waals surface area contributed by atoms with E-state index >= 15 is 0 Å². The van der Waals surface area contributed by atoms with Gasteiger partial charge in [0.2, 0.25) is 0 Å². The second-order valence-electron chi connectivity index (χ2n) is 4.82. The number of pyridine rings is 1. The van der Waals surface area contributed by atoms with Crippen molar-refractivity contribution in [1.82, 2.24) is 0 Å². The topological polar surface area (TPSA) is 22.3 Å². The molecule has 2 heterocycles. The van der Waals surface area contributed by atoms with Crippen molar-refractivity contribution in [3.05, 3.63) is 66.0 Å².